The third-order valence-corrected chi connectivity index (χ3v) is 3.85. The van der Waals surface area contributed by atoms with E-state index in [4.69, 9.17) is 14.6 Å². The monoisotopic (exact) mass is 314 g/mol. The maximum absolute atomic E-state index is 12.1. The van der Waals surface area contributed by atoms with Gasteiger partial charge in [-0.1, -0.05) is 20.8 Å². The molecule has 1 aliphatic rings. The third kappa shape index (κ3) is 3.27. The van der Waals surface area contributed by atoms with Crippen molar-refractivity contribution in [2.45, 2.75) is 25.7 Å². The SMILES string of the molecule is CC(C)(C)C(=O)Nc1ccc2c(c1S(N)(=O)=O)OCCO2. The van der Waals surface area contributed by atoms with Gasteiger partial charge in [0.2, 0.25) is 15.9 Å². The number of ether oxygens (including phenoxy) is 2. The van der Waals surface area contributed by atoms with Gasteiger partial charge in [0, 0.05) is 5.41 Å². The second kappa shape index (κ2) is 5.19. The maximum atomic E-state index is 12.1. The molecule has 0 saturated carbocycles. The van der Waals surface area contributed by atoms with Crippen LogP contribution in [0.15, 0.2) is 17.0 Å². The van der Waals surface area contributed by atoms with Crippen molar-refractivity contribution in [3.8, 4) is 11.5 Å². The summed E-state index contributed by atoms with van der Waals surface area (Å²) in [4.78, 5) is 11.8. The first kappa shape index (κ1) is 15.6. The Morgan fingerprint density at radius 3 is 2.43 bits per heavy atom. The van der Waals surface area contributed by atoms with Crippen molar-refractivity contribution in [1.82, 2.24) is 0 Å². The van der Waals surface area contributed by atoms with Gasteiger partial charge in [0.05, 0.1) is 5.69 Å². The molecule has 0 saturated heterocycles. The highest BCUT2D eigenvalue weighted by atomic mass is 32.2. The second-order valence-corrected chi connectivity index (χ2v) is 7.21. The van der Waals surface area contributed by atoms with Gasteiger partial charge in [-0.25, -0.2) is 13.6 Å². The van der Waals surface area contributed by atoms with Gasteiger partial charge >= 0.3 is 0 Å². The maximum Gasteiger partial charge on any atom is 0.243 e. The van der Waals surface area contributed by atoms with Gasteiger partial charge in [-0.3, -0.25) is 4.79 Å². The molecule has 1 aromatic carbocycles. The molecule has 2 rings (SSSR count). The van der Waals surface area contributed by atoms with E-state index in [1.807, 2.05) is 0 Å². The smallest absolute Gasteiger partial charge is 0.243 e. The number of nitrogens with two attached hydrogens (primary N) is 1. The van der Waals surface area contributed by atoms with E-state index in [9.17, 15) is 13.2 Å². The number of sulfonamides is 1. The summed E-state index contributed by atoms with van der Waals surface area (Å²) in [5.74, 6) is -0.00132. The summed E-state index contributed by atoms with van der Waals surface area (Å²) >= 11 is 0. The first-order valence-electron chi connectivity index (χ1n) is 6.37. The van der Waals surface area contributed by atoms with E-state index < -0.39 is 15.4 Å². The van der Waals surface area contributed by atoms with Crippen LogP contribution in [0.3, 0.4) is 0 Å². The summed E-state index contributed by atoms with van der Waals surface area (Å²) in [6.45, 7) is 5.70. The molecule has 1 aliphatic heterocycles. The molecule has 8 heteroatoms. The Morgan fingerprint density at radius 2 is 1.86 bits per heavy atom. The Hall–Kier alpha value is -1.80. The fourth-order valence-electron chi connectivity index (χ4n) is 1.78. The molecular weight excluding hydrogens is 296 g/mol. The molecule has 0 atom stereocenters. The zero-order valence-electron chi connectivity index (χ0n) is 12.1. The number of fused-ring (bicyclic) bond motifs is 1. The largest absolute Gasteiger partial charge is 0.486 e. The molecule has 1 heterocycles. The molecule has 0 radical (unpaired) electrons. The zero-order valence-corrected chi connectivity index (χ0v) is 12.9. The molecule has 0 fully saturated rings. The molecule has 0 spiro atoms. The highest BCUT2D eigenvalue weighted by molar-refractivity contribution is 7.89. The summed E-state index contributed by atoms with van der Waals surface area (Å²) in [6, 6.07) is 2.98. The summed E-state index contributed by atoms with van der Waals surface area (Å²) < 4.78 is 34.4. The zero-order chi connectivity index (χ0) is 15.8. The van der Waals surface area contributed by atoms with Crippen LogP contribution >= 0.6 is 0 Å². The van der Waals surface area contributed by atoms with Crippen molar-refractivity contribution in [3.63, 3.8) is 0 Å². The lowest BCUT2D eigenvalue weighted by molar-refractivity contribution is -0.123. The number of carbonyl (C=O) groups excluding carboxylic acids is 1. The predicted octanol–water partition coefficient (Wildman–Crippen LogP) is 1.09. The molecule has 1 aromatic rings. The van der Waals surface area contributed by atoms with Crippen molar-refractivity contribution in [2.75, 3.05) is 18.5 Å². The summed E-state index contributed by atoms with van der Waals surface area (Å²) in [7, 11) is -4.09. The third-order valence-electron chi connectivity index (χ3n) is 2.88. The van der Waals surface area contributed by atoms with Crippen molar-refractivity contribution in [2.24, 2.45) is 10.6 Å². The summed E-state index contributed by atoms with van der Waals surface area (Å²) in [5.41, 5.74) is -0.593. The average molecular weight is 314 g/mol. The number of nitrogens with one attached hydrogen (secondary N) is 1. The summed E-state index contributed by atoms with van der Waals surface area (Å²) in [5, 5.41) is 7.83. The lowest BCUT2D eigenvalue weighted by atomic mass is 9.95. The molecule has 7 nitrogen and oxygen atoms in total. The van der Waals surface area contributed by atoms with Gasteiger partial charge in [-0.05, 0) is 12.1 Å². The van der Waals surface area contributed by atoms with Crippen LogP contribution in [0.4, 0.5) is 5.69 Å². The molecule has 0 aliphatic carbocycles. The molecule has 0 aromatic heterocycles. The lowest BCUT2D eigenvalue weighted by Gasteiger charge is -2.24. The highest BCUT2D eigenvalue weighted by Crippen LogP contribution is 2.41. The number of hydrogen-bond acceptors (Lipinski definition) is 5. The number of rotatable bonds is 2. The molecule has 0 bridgehead atoms. The lowest BCUT2D eigenvalue weighted by Crippen LogP contribution is -2.29. The standard InChI is InChI=1S/C13H18N2O5S/c1-13(2,3)12(16)15-8-4-5-9-10(20-7-6-19-9)11(8)21(14,17)18/h4-5H,6-7H2,1-3H3,(H,15,16)(H2,14,17,18). The van der Waals surface area contributed by atoms with Gasteiger partial charge < -0.3 is 14.8 Å². The highest BCUT2D eigenvalue weighted by Gasteiger charge is 2.29. The topological polar surface area (TPSA) is 108 Å². The van der Waals surface area contributed by atoms with Gasteiger partial charge in [0.1, 0.15) is 13.2 Å². The van der Waals surface area contributed by atoms with Gasteiger partial charge in [-0.2, -0.15) is 0 Å². The van der Waals surface area contributed by atoms with E-state index in [-0.39, 0.29) is 28.8 Å². The van der Waals surface area contributed by atoms with E-state index in [0.29, 0.717) is 12.4 Å². The van der Waals surface area contributed by atoms with Crippen LogP contribution in [-0.4, -0.2) is 27.5 Å². The Bertz CT molecular complexity index is 677. The Labute approximate surface area is 123 Å². The fraction of sp³-hybridized carbons (Fsp3) is 0.462. The van der Waals surface area contributed by atoms with Crippen molar-refractivity contribution in [3.05, 3.63) is 12.1 Å². The van der Waals surface area contributed by atoms with Crippen LogP contribution < -0.4 is 19.9 Å². The molecular formula is C13H18N2O5S. The minimum Gasteiger partial charge on any atom is -0.486 e. The number of carbonyl (C=O) groups is 1. The summed E-state index contributed by atoms with van der Waals surface area (Å²) in [6.07, 6.45) is 0. The Kier molecular flexibility index (Phi) is 3.85. The number of primary sulfonamides is 1. The van der Waals surface area contributed by atoms with E-state index in [2.05, 4.69) is 5.32 Å². The molecule has 116 valence electrons. The van der Waals surface area contributed by atoms with Crippen LogP contribution in [0.1, 0.15) is 20.8 Å². The van der Waals surface area contributed by atoms with E-state index in [1.54, 1.807) is 26.8 Å². The number of hydrogen-bond donors (Lipinski definition) is 2. The first-order valence-corrected chi connectivity index (χ1v) is 7.92. The Balaban J connectivity index is 2.54. The van der Waals surface area contributed by atoms with Crippen LogP contribution in [0.5, 0.6) is 11.5 Å². The number of anilines is 1. The van der Waals surface area contributed by atoms with E-state index in [0.717, 1.165) is 0 Å². The molecule has 3 N–H and O–H groups in total. The van der Waals surface area contributed by atoms with E-state index in [1.165, 1.54) is 6.07 Å². The Morgan fingerprint density at radius 1 is 1.24 bits per heavy atom. The molecule has 21 heavy (non-hydrogen) atoms. The van der Waals surface area contributed by atoms with Gasteiger partial charge in [-0.15, -0.1) is 0 Å². The van der Waals surface area contributed by atoms with Crippen LogP contribution in [0, 0.1) is 5.41 Å². The van der Waals surface area contributed by atoms with Crippen LogP contribution in [0.2, 0.25) is 0 Å². The minimum absolute atomic E-state index is 0.0375. The average Bonchev–Trinajstić information content (AvgIpc) is 2.35. The van der Waals surface area contributed by atoms with Gasteiger partial charge in [0.15, 0.2) is 16.4 Å². The van der Waals surface area contributed by atoms with Crippen molar-refractivity contribution < 1.29 is 22.7 Å². The first-order chi connectivity index (χ1) is 9.60. The van der Waals surface area contributed by atoms with Crippen LogP contribution in [-0.2, 0) is 14.8 Å². The normalized spacial score (nSPS) is 14.7. The van der Waals surface area contributed by atoms with Crippen molar-refractivity contribution in [1.29, 1.82) is 0 Å². The quantitative estimate of drug-likeness (QED) is 0.849. The predicted molar refractivity (Wildman–Crippen MR) is 76.9 cm³/mol. The number of benzene rings is 1. The number of amides is 1. The van der Waals surface area contributed by atoms with E-state index >= 15 is 0 Å². The molecule has 1 amide bonds. The fourth-order valence-corrected chi connectivity index (χ4v) is 2.62. The molecule has 0 unspecified atom stereocenters. The van der Waals surface area contributed by atoms with Gasteiger partial charge in [0.25, 0.3) is 0 Å². The van der Waals surface area contributed by atoms with Crippen LogP contribution in [0.25, 0.3) is 0 Å². The van der Waals surface area contributed by atoms with Crippen molar-refractivity contribution >= 4 is 21.6 Å². The second-order valence-electron chi connectivity index (χ2n) is 5.72. The minimum atomic E-state index is -4.09.